The van der Waals surface area contributed by atoms with Gasteiger partial charge < -0.3 is 20.3 Å². The summed E-state index contributed by atoms with van der Waals surface area (Å²) in [6.45, 7) is 5.68. The maximum atomic E-state index is 12.0. The van der Waals surface area contributed by atoms with Crippen LogP contribution in [0, 0.1) is 5.92 Å². The third kappa shape index (κ3) is 3.95. The zero-order valence-corrected chi connectivity index (χ0v) is 15.4. The second-order valence-electron chi connectivity index (χ2n) is 7.07. The molecule has 1 aromatic heterocycles. The van der Waals surface area contributed by atoms with E-state index in [1.165, 1.54) is 0 Å². The fraction of sp³-hybridized carbons (Fsp3) is 0.421. The number of benzene rings is 1. The molecule has 0 saturated carbocycles. The minimum absolute atomic E-state index is 0.0717. The number of piperazine rings is 1. The first-order valence-corrected chi connectivity index (χ1v) is 8.98. The van der Waals surface area contributed by atoms with Crippen molar-refractivity contribution in [1.29, 1.82) is 0 Å². The van der Waals surface area contributed by atoms with E-state index in [1.54, 1.807) is 17.2 Å². The van der Waals surface area contributed by atoms with E-state index in [9.17, 15) is 19.5 Å². The standard InChI is InChI=1S/C19H24N4O4/c1-12(2)18(25)21-13-3-4-14-15(10-20-16(14)9-13)17(19(26)27)23-7-5-22(11-24)6-8-23/h3-4,9-12,17,20H,5-8H2,1-2H3,(H,21,25)(H,26,27). The van der Waals surface area contributed by atoms with Crippen molar-refractivity contribution in [1.82, 2.24) is 14.8 Å². The number of carbonyl (C=O) groups excluding carboxylic acids is 2. The van der Waals surface area contributed by atoms with Crippen LogP contribution in [0.25, 0.3) is 10.9 Å². The summed E-state index contributed by atoms with van der Waals surface area (Å²) in [7, 11) is 0. The van der Waals surface area contributed by atoms with E-state index in [1.807, 2.05) is 30.9 Å². The van der Waals surface area contributed by atoms with Crippen molar-refractivity contribution in [2.45, 2.75) is 19.9 Å². The van der Waals surface area contributed by atoms with Gasteiger partial charge in [-0.2, -0.15) is 0 Å². The first-order chi connectivity index (χ1) is 12.9. The number of amides is 2. The number of hydrogen-bond acceptors (Lipinski definition) is 4. The molecule has 1 saturated heterocycles. The van der Waals surface area contributed by atoms with Crippen LogP contribution in [0.15, 0.2) is 24.4 Å². The molecule has 0 bridgehead atoms. The van der Waals surface area contributed by atoms with Crippen molar-refractivity contribution < 1.29 is 19.5 Å². The number of aromatic nitrogens is 1. The van der Waals surface area contributed by atoms with E-state index >= 15 is 0 Å². The fourth-order valence-electron chi connectivity index (χ4n) is 3.33. The second kappa shape index (κ2) is 7.79. The van der Waals surface area contributed by atoms with Crippen LogP contribution in [-0.4, -0.2) is 64.4 Å². The first-order valence-electron chi connectivity index (χ1n) is 8.98. The highest BCUT2D eigenvalue weighted by Gasteiger charge is 2.31. The number of fused-ring (bicyclic) bond motifs is 1. The molecule has 3 rings (SSSR count). The average Bonchev–Trinajstić information content (AvgIpc) is 3.05. The lowest BCUT2D eigenvalue weighted by atomic mass is 10.0. The highest BCUT2D eigenvalue weighted by molar-refractivity contribution is 5.96. The topological polar surface area (TPSA) is 106 Å². The number of nitrogens with zero attached hydrogens (tertiary/aromatic N) is 2. The van der Waals surface area contributed by atoms with E-state index in [4.69, 9.17) is 0 Å². The molecule has 0 spiro atoms. The van der Waals surface area contributed by atoms with Crippen molar-refractivity contribution in [3.63, 3.8) is 0 Å². The number of carboxylic acid groups (broad SMARTS) is 1. The quantitative estimate of drug-likeness (QED) is 0.669. The van der Waals surface area contributed by atoms with Crippen LogP contribution in [0.3, 0.4) is 0 Å². The van der Waals surface area contributed by atoms with Gasteiger partial charge in [-0.1, -0.05) is 19.9 Å². The summed E-state index contributed by atoms with van der Waals surface area (Å²) < 4.78 is 0. The Hall–Kier alpha value is -2.87. The number of H-pyrrole nitrogens is 1. The Morgan fingerprint density at radius 1 is 1.22 bits per heavy atom. The van der Waals surface area contributed by atoms with Crippen molar-refractivity contribution in [2.24, 2.45) is 5.92 Å². The van der Waals surface area contributed by atoms with E-state index in [0.29, 0.717) is 37.4 Å². The Morgan fingerprint density at radius 3 is 2.52 bits per heavy atom. The van der Waals surface area contributed by atoms with Crippen LogP contribution >= 0.6 is 0 Å². The van der Waals surface area contributed by atoms with Gasteiger partial charge in [-0.05, 0) is 12.1 Å². The number of anilines is 1. The normalized spacial score (nSPS) is 16.5. The molecule has 2 heterocycles. The van der Waals surface area contributed by atoms with Crippen molar-refractivity contribution in [3.05, 3.63) is 30.0 Å². The van der Waals surface area contributed by atoms with Gasteiger partial charge in [-0.15, -0.1) is 0 Å². The minimum atomic E-state index is -0.923. The lowest BCUT2D eigenvalue weighted by Gasteiger charge is -2.36. The fourth-order valence-corrected chi connectivity index (χ4v) is 3.33. The molecule has 1 atom stereocenters. The average molecular weight is 372 g/mol. The van der Waals surface area contributed by atoms with Gasteiger partial charge in [-0.25, -0.2) is 0 Å². The Balaban J connectivity index is 1.87. The molecule has 1 aliphatic rings. The van der Waals surface area contributed by atoms with Crippen molar-refractivity contribution >= 4 is 34.9 Å². The summed E-state index contributed by atoms with van der Waals surface area (Å²) in [4.78, 5) is 41.4. The van der Waals surface area contributed by atoms with Gasteiger partial charge in [0.25, 0.3) is 0 Å². The Labute approximate surface area is 157 Å². The maximum absolute atomic E-state index is 12.0. The maximum Gasteiger partial charge on any atom is 0.325 e. The molecule has 27 heavy (non-hydrogen) atoms. The summed E-state index contributed by atoms with van der Waals surface area (Å²) in [6, 6.07) is 4.63. The molecular weight excluding hydrogens is 348 g/mol. The van der Waals surface area contributed by atoms with Gasteiger partial charge in [0.05, 0.1) is 0 Å². The third-order valence-corrected chi connectivity index (χ3v) is 4.90. The predicted octanol–water partition coefficient (Wildman–Crippen LogP) is 1.66. The zero-order chi connectivity index (χ0) is 19.6. The first kappa shape index (κ1) is 18.9. The van der Waals surface area contributed by atoms with E-state index in [-0.39, 0.29) is 11.8 Å². The van der Waals surface area contributed by atoms with Gasteiger partial charge in [0.1, 0.15) is 6.04 Å². The van der Waals surface area contributed by atoms with Gasteiger partial charge in [0.15, 0.2) is 0 Å². The van der Waals surface area contributed by atoms with E-state index in [2.05, 4.69) is 10.3 Å². The Kier molecular flexibility index (Phi) is 5.46. The van der Waals surface area contributed by atoms with Crippen LogP contribution in [0.1, 0.15) is 25.5 Å². The van der Waals surface area contributed by atoms with Gasteiger partial charge in [0, 0.05) is 60.4 Å². The number of rotatable bonds is 6. The summed E-state index contributed by atoms with van der Waals surface area (Å²) in [5.74, 6) is -1.12. The van der Waals surface area contributed by atoms with Crippen LogP contribution in [0.5, 0.6) is 0 Å². The lowest BCUT2D eigenvalue weighted by molar-refractivity contribution is -0.144. The van der Waals surface area contributed by atoms with Gasteiger partial charge >= 0.3 is 5.97 Å². The molecule has 1 fully saturated rings. The van der Waals surface area contributed by atoms with Crippen LogP contribution in [0.2, 0.25) is 0 Å². The van der Waals surface area contributed by atoms with Crippen LogP contribution < -0.4 is 5.32 Å². The van der Waals surface area contributed by atoms with Gasteiger partial charge in [-0.3, -0.25) is 19.3 Å². The van der Waals surface area contributed by atoms with Crippen molar-refractivity contribution in [2.75, 3.05) is 31.5 Å². The third-order valence-electron chi connectivity index (χ3n) is 4.90. The number of carboxylic acids is 1. The number of nitrogens with one attached hydrogen (secondary N) is 2. The number of aliphatic carboxylic acids is 1. The lowest BCUT2D eigenvalue weighted by Crippen LogP contribution is -2.48. The Bertz CT molecular complexity index is 853. The molecular formula is C19H24N4O4. The Morgan fingerprint density at radius 2 is 1.93 bits per heavy atom. The largest absolute Gasteiger partial charge is 0.480 e. The molecule has 0 radical (unpaired) electrons. The molecule has 8 nitrogen and oxygen atoms in total. The molecule has 1 unspecified atom stereocenters. The number of carbonyl (C=O) groups is 3. The SMILES string of the molecule is CC(C)C(=O)Nc1ccc2c(C(C(=O)O)N3CCN(C=O)CC3)c[nH]c2c1. The van der Waals surface area contributed by atoms with Crippen LogP contribution in [0.4, 0.5) is 5.69 Å². The molecule has 8 heteroatoms. The number of hydrogen-bond donors (Lipinski definition) is 3. The van der Waals surface area contributed by atoms with E-state index in [0.717, 1.165) is 17.3 Å². The van der Waals surface area contributed by atoms with Gasteiger partial charge in [0.2, 0.25) is 12.3 Å². The number of aromatic amines is 1. The molecule has 3 N–H and O–H groups in total. The summed E-state index contributed by atoms with van der Waals surface area (Å²) in [6.07, 6.45) is 2.51. The predicted molar refractivity (Wildman–Crippen MR) is 101 cm³/mol. The van der Waals surface area contributed by atoms with Crippen LogP contribution in [-0.2, 0) is 14.4 Å². The molecule has 2 aromatic rings. The molecule has 1 aromatic carbocycles. The summed E-state index contributed by atoms with van der Waals surface area (Å²) in [5, 5.41) is 13.5. The smallest absolute Gasteiger partial charge is 0.325 e. The minimum Gasteiger partial charge on any atom is -0.480 e. The summed E-state index contributed by atoms with van der Waals surface area (Å²) >= 11 is 0. The summed E-state index contributed by atoms with van der Waals surface area (Å²) in [5.41, 5.74) is 2.11. The molecule has 1 aliphatic heterocycles. The van der Waals surface area contributed by atoms with Crippen molar-refractivity contribution in [3.8, 4) is 0 Å². The van der Waals surface area contributed by atoms with E-state index < -0.39 is 12.0 Å². The molecule has 0 aliphatic carbocycles. The molecule has 144 valence electrons. The monoisotopic (exact) mass is 372 g/mol. The molecule has 2 amide bonds. The zero-order valence-electron chi connectivity index (χ0n) is 15.4. The highest BCUT2D eigenvalue weighted by Crippen LogP contribution is 2.31. The highest BCUT2D eigenvalue weighted by atomic mass is 16.4. The second-order valence-corrected chi connectivity index (χ2v) is 7.07.